The second-order valence-corrected chi connectivity index (χ2v) is 13.4. The van der Waals surface area contributed by atoms with Gasteiger partial charge < -0.3 is 9.62 Å². The molecule has 0 fully saturated rings. The molecule has 3 aliphatic heterocycles. The van der Waals surface area contributed by atoms with Crippen LogP contribution in [0.1, 0.15) is 0 Å². The van der Waals surface area contributed by atoms with E-state index in [1.54, 1.807) is 0 Å². The summed E-state index contributed by atoms with van der Waals surface area (Å²) in [7, 11) is 0. The molecule has 1 aromatic heterocycles. The van der Waals surface area contributed by atoms with Crippen LogP contribution >= 0.6 is 0 Å². The Kier molecular flexibility index (Phi) is 6.01. The van der Waals surface area contributed by atoms with Crippen LogP contribution < -0.4 is 15.1 Å². The molecule has 0 atom stereocenters. The maximum Gasteiger partial charge on any atom is 0.424 e. The Bertz CT molecular complexity index is 2460. The van der Waals surface area contributed by atoms with Crippen molar-refractivity contribution >= 4 is 35.5 Å². The second-order valence-electron chi connectivity index (χ2n) is 13.4. The van der Waals surface area contributed by atoms with Crippen LogP contribution in [-0.4, -0.2) is 17.0 Å². The number of aromatic nitrogens is 2. The van der Waals surface area contributed by atoms with Gasteiger partial charge >= 0.3 is 6.98 Å². The molecule has 4 nitrogen and oxygen atoms in total. The Balaban J connectivity index is 1.23. The third-order valence-electron chi connectivity index (χ3n) is 10.6. The maximum atomic E-state index is 5.62. The fraction of sp³-hybridized carbons (Fsp3) is 0. The topological polar surface area (TPSA) is 32.3 Å². The molecule has 0 spiro atoms. The molecule has 0 amide bonds. The van der Waals surface area contributed by atoms with E-state index in [0.717, 1.165) is 45.5 Å². The summed E-state index contributed by atoms with van der Waals surface area (Å²) in [5.74, 6) is 1.74. The van der Waals surface area contributed by atoms with Crippen molar-refractivity contribution in [3.05, 3.63) is 176 Å². The van der Waals surface area contributed by atoms with Crippen molar-refractivity contribution in [2.75, 3.05) is 9.62 Å². The van der Waals surface area contributed by atoms with Crippen LogP contribution in [0.25, 0.3) is 67.0 Å². The SMILES string of the molecule is c1ccc(-c2ccc3c(c2)-c2cccc4c2B2N3c3nc(-c5ccccc5)c(-c5ccccc5)nc3N2c2ccc(-c3ccccc3)cc2-4)cc1. The van der Waals surface area contributed by atoms with E-state index < -0.39 is 0 Å². The van der Waals surface area contributed by atoms with Gasteiger partial charge in [0, 0.05) is 33.6 Å². The van der Waals surface area contributed by atoms with Crippen LogP contribution in [0.3, 0.4) is 0 Å². The van der Waals surface area contributed by atoms with Crippen LogP contribution in [0.15, 0.2) is 176 Å². The molecular weight excluding hydrogens is 619 g/mol. The van der Waals surface area contributed by atoms with Gasteiger partial charge in [0.05, 0.1) is 11.4 Å². The van der Waals surface area contributed by atoms with Gasteiger partial charge in [0.2, 0.25) is 0 Å². The molecule has 0 bridgehead atoms. The standard InChI is InChI=1S/C46H29BN4/c1-5-14-30(15-6-1)34-24-26-40-38(28-34)36-22-13-23-37-39-29-35(31-16-7-2-8-17-31)25-27-41(39)51-46-45(50(40)47(51)42(36)37)48-43(32-18-9-3-10-19-32)44(49-46)33-20-11-4-12-21-33/h1-29H. The van der Waals surface area contributed by atoms with E-state index in [1.165, 1.54) is 50.0 Å². The summed E-state index contributed by atoms with van der Waals surface area (Å²) in [6, 6.07) is 62.8. The molecule has 7 aromatic carbocycles. The molecule has 0 unspecified atom stereocenters. The Labute approximate surface area is 297 Å². The average Bonchev–Trinajstić information content (AvgIpc) is 3.56. The summed E-state index contributed by atoms with van der Waals surface area (Å²) >= 11 is 0. The largest absolute Gasteiger partial charge is 0.424 e. The molecule has 4 heterocycles. The first-order chi connectivity index (χ1) is 25.3. The van der Waals surface area contributed by atoms with Crippen molar-refractivity contribution in [2.45, 2.75) is 0 Å². The van der Waals surface area contributed by atoms with Gasteiger partial charge in [0.15, 0.2) is 11.6 Å². The van der Waals surface area contributed by atoms with Gasteiger partial charge in [0.1, 0.15) is 0 Å². The highest BCUT2D eigenvalue weighted by molar-refractivity contribution is 6.88. The minimum absolute atomic E-state index is 0.133. The van der Waals surface area contributed by atoms with Gasteiger partial charge in [-0.15, -0.1) is 0 Å². The van der Waals surface area contributed by atoms with Crippen LogP contribution in [0.5, 0.6) is 0 Å². The van der Waals surface area contributed by atoms with Gasteiger partial charge in [-0.05, 0) is 63.1 Å². The number of hydrogen-bond donors (Lipinski definition) is 0. The van der Waals surface area contributed by atoms with Crippen molar-refractivity contribution in [1.82, 2.24) is 9.97 Å². The number of fused-ring (bicyclic) bond motifs is 9. The zero-order chi connectivity index (χ0) is 33.5. The maximum absolute atomic E-state index is 5.62. The summed E-state index contributed by atoms with van der Waals surface area (Å²) in [6.07, 6.45) is 0. The van der Waals surface area contributed by atoms with E-state index in [4.69, 9.17) is 9.97 Å². The van der Waals surface area contributed by atoms with Gasteiger partial charge in [-0.25, -0.2) is 9.97 Å². The van der Waals surface area contributed by atoms with E-state index in [-0.39, 0.29) is 6.98 Å². The predicted molar refractivity (Wildman–Crippen MR) is 211 cm³/mol. The average molecular weight is 649 g/mol. The minimum atomic E-state index is -0.133. The van der Waals surface area contributed by atoms with E-state index in [1.807, 2.05) is 0 Å². The zero-order valence-corrected chi connectivity index (χ0v) is 27.6. The van der Waals surface area contributed by atoms with Crippen molar-refractivity contribution in [3.8, 4) is 67.0 Å². The molecule has 0 saturated heterocycles. The molecule has 0 saturated carbocycles. The fourth-order valence-corrected chi connectivity index (χ4v) is 8.29. The molecule has 236 valence electrons. The summed E-state index contributed by atoms with van der Waals surface area (Å²) in [5.41, 5.74) is 17.1. The summed E-state index contributed by atoms with van der Waals surface area (Å²) in [6.45, 7) is -0.133. The summed E-state index contributed by atoms with van der Waals surface area (Å²) < 4.78 is 0. The Hall–Kier alpha value is -6.72. The third kappa shape index (κ3) is 4.15. The van der Waals surface area contributed by atoms with Crippen LogP contribution in [0, 0.1) is 0 Å². The van der Waals surface area contributed by atoms with Gasteiger partial charge in [-0.1, -0.05) is 152 Å². The van der Waals surface area contributed by atoms with Crippen LogP contribution in [0.4, 0.5) is 23.0 Å². The van der Waals surface area contributed by atoms with Crippen molar-refractivity contribution in [1.29, 1.82) is 0 Å². The van der Waals surface area contributed by atoms with E-state index in [2.05, 4.69) is 186 Å². The van der Waals surface area contributed by atoms with E-state index in [0.29, 0.717) is 0 Å². The van der Waals surface area contributed by atoms with Crippen molar-refractivity contribution in [3.63, 3.8) is 0 Å². The molecule has 0 radical (unpaired) electrons. The van der Waals surface area contributed by atoms with E-state index >= 15 is 0 Å². The van der Waals surface area contributed by atoms with Gasteiger partial charge in [-0.3, -0.25) is 0 Å². The minimum Gasteiger partial charge on any atom is -0.342 e. The second kappa shape index (κ2) is 10.9. The smallest absolute Gasteiger partial charge is 0.342 e. The number of nitrogens with zero attached hydrogens (tertiary/aromatic N) is 4. The third-order valence-corrected chi connectivity index (χ3v) is 10.6. The van der Waals surface area contributed by atoms with Gasteiger partial charge in [-0.2, -0.15) is 0 Å². The first kappa shape index (κ1) is 28.2. The molecule has 11 rings (SSSR count). The number of anilines is 4. The molecular formula is C46H29BN4. The Morgan fingerprint density at radius 2 is 0.725 bits per heavy atom. The van der Waals surface area contributed by atoms with Gasteiger partial charge in [0.25, 0.3) is 0 Å². The monoisotopic (exact) mass is 648 g/mol. The Morgan fingerprint density at radius 3 is 1.14 bits per heavy atom. The molecule has 0 N–H and O–H groups in total. The highest BCUT2D eigenvalue weighted by atomic mass is 15.4. The quantitative estimate of drug-likeness (QED) is 0.178. The molecule has 0 aliphatic carbocycles. The fourth-order valence-electron chi connectivity index (χ4n) is 8.29. The first-order valence-electron chi connectivity index (χ1n) is 17.5. The highest BCUT2D eigenvalue weighted by Crippen LogP contribution is 2.56. The Morgan fingerprint density at radius 1 is 0.333 bits per heavy atom. The predicted octanol–water partition coefficient (Wildman–Crippen LogP) is 10.8. The normalized spacial score (nSPS) is 13.0. The van der Waals surface area contributed by atoms with E-state index in [9.17, 15) is 0 Å². The summed E-state index contributed by atoms with van der Waals surface area (Å²) in [4.78, 5) is 16.1. The van der Waals surface area contributed by atoms with Crippen molar-refractivity contribution in [2.24, 2.45) is 0 Å². The lowest BCUT2D eigenvalue weighted by molar-refractivity contribution is 1.18. The number of benzene rings is 7. The summed E-state index contributed by atoms with van der Waals surface area (Å²) in [5, 5.41) is 0. The van der Waals surface area contributed by atoms with Crippen LogP contribution in [0.2, 0.25) is 0 Å². The lowest BCUT2D eigenvalue weighted by atomic mass is 9.55. The zero-order valence-electron chi connectivity index (χ0n) is 27.6. The number of rotatable bonds is 4. The lowest BCUT2D eigenvalue weighted by Gasteiger charge is -2.40. The molecule has 51 heavy (non-hydrogen) atoms. The highest BCUT2D eigenvalue weighted by Gasteiger charge is 2.53. The first-order valence-corrected chi connectivity index (χ1v) is 17.5. The molecule has 3 aliphatic rings. The molecule has 5 heteroatoms. The van der Waals surface area contributed by atoms with Crippen LogP contribution in [-0.2, 0) is 0 Å². The number of hydrogen-bond acceptors (Lipinski definition) is 4. The van der Waals surface area contributed by atoms with Crippen molar-refractivity contribution < 1.29 is 0 Å². The lowest BCUT2D eigenvalue weighted by Crippen LogP contribution is -2.58. The molecule has 8 aromatic rings.